The van der Waals surface area contributed by atoms with E-state index < -0.39 is 10.0 Å². The molecule has 7 nitrogen and oxygen atoms in total. The monoisotopic (exact) mass is 549 g/mol. The second-order valence-corrected chi connectivity index (χ2v) is 12.7. The van der Waals surface area contributed by atoms with E-state index in [2.05, 4.69) is 6.07 Å². The molecular weight excluding hydrogens is 518 g/mol. The predicted molar refractivity (Wildman–Crippen MR) is 151 cm³/mol. The van der Waals surface area contributed by atoms with Crippen LogP contribution in [0.1, 0.15) is 39.9 Å². The van der Waals surface area contributed by atoms with Crippen molar-refractivity contribution in [3.8, 4) is 0 Å². The Bertz CT molecular complexity index is 1510. The van der Waals surface area contributed by atoms with Gasteiger partial charge in [-0.05, 0) is 67.6 Å². The summed E-state index contributed by atoms with van der Waals surface area (Å²) >= 11 is 1.49. The highest BCUT2D eigenvalue weighted by Crippen LogP contribution is 2.34. The van der Waals surface area contributed by atoms with Crippen molar-refractivity contribution in [3.05, 3.63) is 89.0 Å². The number of sulfonamides is 1. The van der Waals surface area contributed by atoms with Crippen molar-refractivity contribution in [3.63, 3.8) is 0 Å². The Balaban J connectivity index is 1.45. The number of hydrogen-bond donors (Lipinski definition) is 0. The van der Waals surface area contributed by atoms with Crippen LogP contribution in [0.4, 0.5) is 5.13 Å². The minimum Gasteiger partial charge on any atom is -0.377 e. The SMILES string of the molecule is Cc1ccc(C)c2sc(N(Cc3ccccc3)C(=O)c3ccc(S(=O)(=O)N(C)CC4CCCO4)cc3)nc12. The molecule has 198 valence electrons. The Kier molecular flexibility index (Phi) is 7.63. The van der Waals surface area contributed by atoms with Crippen molar-refractivity contribution in [1.29, 1.82) is 0 Å². The van der Waals surface area contributed by atoms with Gasteiger partial charge in [-0.3, -0.25) is 9.69 Å². The van der Waals surface area contributed by atoms with Gasteiger partial charge in [0, 0.05) is 25.8 Å². The molecule has 1 atom stereocenters. The van der Waals surface area contributed by atoms with Crippen molar-refractivity contribution < 1.29 is 17.9 Å². The van der Waals surface area contributed by atoms with E-state index in [-0.39, 0.29) is 16.9 Å². The second-order valence-electron chi connectivity index (χ2n) is 9.70. The van der Waals surface area contributed by atoms with Crippen LogP contribution in [0.25, 0.3) is 10.2 Å². The first-order valence-corrected chi connectivity index (χ1v) is 14.9. The van der Waals surface area contributed by atoms with Gasteiger partial charge in [-0.25, -0.2) is 13.4 Å². The fraction of sp³-hybridized carbons (Fsp3) is 0.310. The molecule has 38 heavy (non-hydrogen) atoms. The van der Waals surface area contributed by atoms with Gasteiger partial charge in [0.25, 0.3) is 5.91 Å². The van der Waals surface area contributed by atoms with Gasteiger partial charge in [0.15, 0.2) is 5.13 Å². The first-order valence-electron chi connectivity index (χ1n) is 12.6. The molecule has 9 heteroatoms. The van der Waals surface area contributed by atoms with Gasteiger partial charge in [0.2, 0.25) is 10.0 Å². The summed E-state index contributed by atoms with van der Waals surface area (Å²) in [5.41, 5.74) is 4.44. The molecule has 1 aliphatic rings. The number of nitrogens with zero attached hydrogens (tertiary/aromatic N) is 3. The lowest BCUT2D eigenvalue weighted by molar-refractivity contribution is 0.0978. The van der Waals surface area contributed by atoms with Gasteiger partial charge >= 0.3 is 0 Å². The molecular formula is C29H31N3O4S2. The number of hydrogen-bond acceptors (Lipinski definition) is 6. The van der Waals surface area contributed by atoms with Gasteiger partial charge in [0.1, 0.15) is 0 Å². The molecule has 5 rings (SSSR count). The molecule has 1 amide bonds. The first kappa shape index (κ1) is 26.5. The zero-order valence-corrected chi connectivity index (χ0v) is 23.4. The number of ether oxygens (including phenoxy) is 1. The molecule has 2 heterocycles. The van der Waals surface area contributed by atoms with Crippen molar-refractivity contribution >= 4 is 42.6 Å². The van der Waals surface area contributed by atoms with Crippen LogP contribution in [0.15, 0.2) is 71.6 Å². The van der Waals surface area contributed by atoms with Crippen LogP contribution in [0, 0.1) is 13.8 Å². The van der Waals surface area contributed by atoms with Gasteiger partial charge in [-0.2, -0.15) is 4.31 Å². The van der Waals surface area contributed by atoms with E-state index in [4.69, 9.17) is 9.72 Å². The van der Waals surface area contributed by atoms with Crippen molar-refractivity contribution in [2.75, 3.05) is 25.1 Å². The minimum atomic E-state index is -3.70. The van der Waals surface area contributed by atoms with E-state index in [0.717, 1.165) is 39.7 Å². The standard InChI is InChI=1S/C29H31N3O4S2/c1-20-11-12-21(2)27-26(20)30-29(37-27)32(18-22-8-5-4-6-9-22)28(33)23-13-15-25(16-14-23)38(34,35)31(3)19-24-10-7-17-36-24/h4-6,8-9,11-16,24H,7,10,17-19H2,1-3H3. The van der Waals surface area contributed by atoms with E-state index >= 15 is 0 Å². The minimum absolute atomic E-state index is 0.0803. The number of fused-ring (bicyclic) bond motifs is 1. The average molecular weight is 550 g/mol. The molecule has 4 aromatic rings. The number of benzene rings is 3. The lowest BCUT2D eigenvalue weighted by Gasteiger charge is -2.22. The Morgan fingerprint density at radius 3 is 2.39 bits per heavy atom. The lowest BCUT2D eigenvalue weighted by atomic mass is 10.1. The first-order chi connectivity index (χ1) is 18.2. The van der Waals surface area contributed by atoms with Gasteiger partial charge in [-0.1, -0.05) is 53.8 Å². The number of carbonyl (C=O) groups is 1. The second kappa shape index (κ2) is 10.9. The van der Waals surface area contributed by atoms with Crippen LogP contribution in [0.2, 0.25) is 0 Å². The summed E-state index contributed by atoms with van der Waals surface area (Å²) in [6.07, 6.45) is 1.72. The number of rotatable bonds is 8. The van der Waals surface area contributed by atoms with Crippen molar-refractivity contribution in [1.82, 2.24) is 9.29 Å². The van der Waals surface area contributed by atoms with E-state index in [1.165, 1.54) is 27.8 Å². The number of likely N-dealkylation sites (N-methyl/N-ethyl adjacent to an activating group) is 1. The normalized spacial score (nSPS) is 15.8. The Morgan fingerprint density at radius 1 is 1.03 bits per heavy atom. The van der Waals surface area contributed by atoms with Gasteiger partial charge < -0.3 is 4.74 Å². The highest BCUT2D eigenvalue weighted by atomic mass is 32.2. The molecule has 0 bridgehead atoms. The molecule has 0 radical (unpaired) electrons. The third-order valence-corrected chi connectivity index (χ3v) is 9.94. The molecule has 1 unspecified atom stereocenters. The summed E-state index contributed by atoms with van der Waals surface area (Å²) < 4.78 is 34.2. The number of carbonyl (C=O) groups excluding carboxylic acids is 1. The smallest absolute Gasteiger partial charge is 0.260 e. The molecule has 1 aromatic heterocycles. The Morgan fingerprint density at radius 2 is 1.74 bits per heavy atom. The summed E-state index contributed by atoms with van der Waals surface area (Å²) in [5.74, 6) is -0.236. The van der Waals surface area contributed by atoms with E-state index in [0.29, 0.717) is 30.4 Å². The maximum Gasteiger partial charge on any atom is 0.260 e. The number of thiazole rings is 1. The summed E-state index contributed by atoms with van der Waals surface area (Å²) in [6, 6.07) is 20.0. The number of aromatic nitrogens is 1. The van der Waals surface area contributed by atoms with Crippen molar-refractivity contribution in [2.45, 2.75) is 44.2 Å². The number of aryl methyl sites for hydroxylation is 2. The van der Waals surface area contributed by atoms with Crippen LogP contribution in [0.5, 0.6) is 0 Å². The van der Waals surface area contributed by atoms with E-state index in [9.17, 15) is 13.2 Å². The predicted octanol–water partition coefficient (Wildman–Crippen LogP) is 5.56. The van der Waals surface area contributed by atoms with Crippen molar-refractivity contribution in [2.24, 2.45) is 0 Å². The third kappa shape index (κ3) is 5.37. The van der Waals surface area contributed by atoms with Crippen LogP contribution < -0.4 is 4.90 Å². The summed E-state index contributed by atoms with van der Waals surface area (Å²) in [6.45, 7) is 5.39. The number of anilines is 1. The maximum absolute atomic E-state index is 13.8. The van der Waals surface area contributed by atoms with E-state index in [1.54, 1.807) is 24.1 Å². The quantitative estimate of drug-likeness (QED) is 0.288. The molecule has 1 fully saturated rings. The number of amides is 1. The van der Waals surface area contributed by atoms with Gasteiger partial charge in [-0.15, -0.1) is 0 Å². The van der Waals surface area contributed by atoms with Crippen LogP contribution in [0.3, 0.4) is 0 Å². The Hall–Kier alpha value is -3.11. The highest BCUT2D eigenvalue weighted by Gasteiger charge is 2.27. The zero-order chi connectivity index (χ0) is 26.9. The van der Waals surface area contributed by atoms with Crippen LogP contribution in [-0.4, -0.2) is 49.9 Å². The largest absolute Gasteiger partial charge is 0.377 e. The highest BCUT2D eigenvalue weighted by molar-refractivity contribution is 7.89. The maximum atomic E-state index is 13.8. The molecule has 0 aliphatic carbocycles. The summed E-state index contributed by atoms with van der Waals surface area (Å²) in [7, 11) is -2.13. The zero-order valence-electron chi connectivity index (χ0n) is 21.8. The van der Waals surface area contributed by atoms with E-state index in [1.807, 2.05) is 50.2 Å². The fourth-order valence-electron chi connectivity index (χ4n) is 4.63. The van der Waals surface area contributed by atoms with Gasteiger partial charge in [0.05, 0.1) is 27.8 Å². The molecule has 0 N–H and O–H groups in total. The topological polar surface area (TPSA) is 79.8 Å². The lowest BCUT2D eigenvalue weighted by Crippen LogP contribution is -2.34. The molecule has 0 saturated carbocycles. The summed E-state index contributed by atoms with van der Waals surface area (Å²) in [5, 5.41) is 0.610. The van der Waals surface area contributed by atoms with Crippen LogP contribution in [-0.2, 0) is 21.3 Å². The fourth-order valence-corrected chi connectivity index (χ4v) is 6.95. The summed E-state index contributed by atoms with van der Waals surface area (Å²) in [4.78, 5) is 20.5. The van der Waals surface area contributed by atoms with Crippen LogP contribution >= 0.6 is 11.3 Å². The third-order valence-electron chi connectivity index (χ3n) is 6.88. The molecule has 1 saturated heterocycles. The molecule has 3 aromatic carbocycles. The average Bonchev–Trinajstić information content (AvgIpc) is 3.61. The molecule has 0 spiro atoms. The Labute approximate surface area is 227 Å². The molecule has 1 aliphatic heterocycles.